The summed E-state index contributed by atoms with van der Waals surface area (Å²) in [6, 6.07) is 0. The van der Waals surface area contributed by atoms with Gasteiger partial charge in [0.05, 0.1) is 5.92 Å². The molecule has 20 heavy (non-hydrogen) atoms. The van der Waals surface area contributed by atoms with Crippen LogP contribution in [0.2, 0.25) is 0 Å². The first kappa shape index (κ1) is 19.8. The summed E-state index contributed by atoms with van der Waals surface area (Å²) in [5, 5.41) is 1.04. The number of alkyl halides is 1. The van der Waals surface area contributed by atoms with Crippen LogP contribution in [0.4, 0.5) is 0 Å². The lowest BCUT2D eigenvalue weighted by atomic mass is 9.88. The Kier molecular flexibility index (Phi) is 13.7. The molecule has 0 aliphatic rings. The van der Waals surface area contributed by atoms with Gasteiger partial charge in [0.25, 0.3) is 0 Å². The molecule has 0 unspecified atom stereocenters. The zero-order chi connectivity index (χ0) is 15.2. The molecule has 0 fully saturated rings. The number of hydrogen-bond acceptors (Lipinski definition) is 2. The molecule has 0 aliphatic heterocycles. The fourth-order valence-corrected chi connectivity index (χ4v) is 2.75. The zero-order valence-electron chi connectivity index (χ0n) is 13.3. The second kappa shape index (κ2) is 13.8. The normalized spacial score (nSPS) is 11.0. The Morgan fingerprint density at radius 3 is 1.75 bits per heavy atom. The molecule has 0 bridgehead atoms. The van der Waals surface area contributed by atoms with E-state index in [1.807, 2.05) is 0 Å². The molecule has 0 amide bonds. The van der Waals surface area contributed by atoms with Crippen LogP contribution < -0.4 is 0 Å². The van der Waals surface area contributed by atoms with Crippen molar-refractivity contribution in [1.82, 2.24) is 0 Å². The quantitative estimate of drug-likeness (QED) is 0.237. The van der Waals surface area contributed by atoms with Gasteiger partial charge in [0.15, 0.2) is 0 Å². The maximum atomic E-state index is 12.2. The van der Waals surface area contributed by atoms with Crippen LogP contribution in [-0.4, -0.2) is 16.9 Å². The van der Waals surface area contributed by atoms with Gasteiger partial charge in [-0.25, -0.2) is 0 Å². The highest BCUT2D eigenvalue weighted by molar-refractivity contribution is 9.09. The Hall–Kier alpha value is -0.180. The lowest BCUT2D eigenvalue weighted by Gasteiger charge is -2.14. The monoisotopic (exact) mass is 346 g/mol. The van der Waals surface area contributed by atoms with Crippen molar-refractivity contribution in [3.63, 3.8) is 0 Å². The summed E-state index contributed by atoms with van der Waals surface area (Å²) in [4.78, 5) is 24.4. The van der Waals surface area contributed by atoms with Crippen LogP contribution in [0.25, 0.3) is 0 Å². The summed E-state index contributed by atoms with van der Waals surface area (Å²) in [5.41, 5.74) is 0. The van der Waals surface area contributed by atoms with E-state index in [1.165, 1.54) is 12.8 Å². The minimum Gasteiger partial charge on any atom is -0.299 e. The summed E-state index contributed by atoms with van der Waals surface area (Å²) in [6.45, 7) is 4.17. The van der Waals surface area contributed by atoms with Crippen molar-refractivity contribution in [2.45, 2.75) is 84.5 Å². The minimum atomic E-state index is -0.308. The number of ketones is 2. The summed E-state index contributed by atoms with van der Waals surface area (Å²) in [5.74, 6) is 0.0685. The predicted molar refractivity (Wildman–Crippen MR) is 89.4 cm³/mol. The highest BCUT2D eigenvalue weighted by atomic mass is 79.9. The van der Waals surface area contributed by atoms with Crippen molar-refractivity contribution in [3.05, 3.63) is 0 Å². The molecule has 2 nitrogen and oxygen atoms in total. The molecule has 0 spiro atoms. The molecular weight excluding hydrogens is 316 g/mol. The molecule has 0 saturated heterocycles. The number of carbonyl (C=O) groups excluding carboxylic acids is 2. The number of Topliss-reactive ketones (excluding diaryl/α,β-unsaturated/α-hetero) is 2. The first-order valence-electron chi connectivity index (χ1n) is 8.28. The van der Waals surface area contributed by atoms with E-state index in [9.17, 15) is 9.59 Å². The third-order valence-electron chi connectivity index (χ3n) is 3.71. The van der Waals surface area contributed by atoms with Gasteiger partial charge in [-0.15, -0.1) is 0 Å². The first-order chi connectivity index (χ1) is 9.67. The van der Waals surface area contributed by atoms with E-state index in [4.69, 9.17) is 0 Å². The zero-order valence-corrected chi connectivity index (χ0v) is 14.8. The molecule has 0 heterocycles. The van der Waals surface area contributed by atoms with E-state index in [0.717, 1.165) is 50.3 Å². The van der Waals surface area contributed by atoms with Crippen molar-refractivity contribution in [2.75, 3.05) is 5.33 Å². The van der Waals surface area contributed by atoms with Crippen LogP contribution >= 0.6 is 15.9 Å². The van der Waals surface area contributed by atoms with Crippen LogP contribution in [0.3, 0.4) is 0 Å². The summed E-state index contributed by atoms with van der Waals surface area (Å²) in [7, 11) is 0. The fourth-order valence-electron chi connectivity index (χ4n) is 2.35. The number of halogens is 1. The van der Waals surface area contributed by atoms with E-state index >= 15 is 0 Å². The van der Waals surface area contributed by atoms with Gasteiger partial charge in [-0.1, -0.05) is 61.9 Å². The Bertz CT molecular complexity index is 244. The number of rotatable bonds is 14. The summed E-state index contributed by atoms with van der Waals surface area (Å²) in [6.07, 6.45) is 10.3. The Morgan fingerprint density at radius 2 is 1.30 bits per heavy atom. The second-order valence-corrected chi connectivity index (χ2v) is 6.38. The van der Waals surface area contributed by atoms with Gasteiger partial charge in [-0.3, -0.25) is 9.59 Å². The van der Waals surface area contributed by atoms with Gasteiger partial charge >= 0.3 is 0 Å². The van der Waals surface area contributed by atoms with Crippen LogP contribution in [0, 0.1) is 5.92 Å². The van der Waals surface area contributed by atoms with E-state index in [0.29, 0.717) is 12.8 Å². The highest BCUT2D eigenvalue weighted by Gasteiger charge is 2.24. The maximum absolute atomic E-state index is 12.2. The smallest absolute Gasteiger partial charge is 0.143 e. The van der Waals surface area contributed by atoms with E-state index in [1.54, 1.807) is 0 Å². The number of carbonyl (C=O) groups is 2. The Labute approximate surface area is 133 Å². The van der Waals surface area contributed by atoms with Crippen LogP contribution in [0.15, 0.2) is 0 Å². The Morgan fingerprint density at radius 1 is 0.800 bits per heavy atom. The molecule has 0 radical (unpaired) electrons. The lowest BCUT2D eigenvalue weighted by molar-refractivity contribution is -0.133. The van der Waals surface area contributed by atoms with Gasteiger partial charge in [-0.05, 0) is 25.7 Å². The number of hydrogen-bond donors (Lipinski definition) is 0. The van der Waals surface area contributed by atoms with Crippen molar-refractivity contribution in [2.24, 2.45) is 5.92 Å². The van der Waals surface area contributed by atoms with E-state index in [-0.39, 0.29) is 17.5 Å². The summed E-state index contributed by atoms with van der Waals surface area (Å²) >= 11 is 3.43. The molecule has 0 atom stereocenters. The third-order valence-corrected chi connectivity index (χ3v) is 4.27. The van der Waals surface area contributed by atoms with Gasteiger partial charge < -0.3 is 0 Å². The molecular formula is C17H31BrO2. The summed E-state index contributed by atoms with van der Waals surface area (Å²) < 4.78 is 0. The predicted octanol–water partition coefficient (Wildman–Crippen LogP) is 5.47. The lowest BCUT2D eigenvalue weighted by Crippen LogP contribution is -2.24. The molecule has 118 valence electrons. The van der Waals surface area contributed by atoms with E-state index in [2.05, 4.69) is 29.8 Å². The minimum absolute atomic E-state index is 0.188. The molecule has 0 rings (SSSR count). The van der Waals surface area contributed by atoms with Gasteiger partial charge in [0.2, 0.25) is 0 Å². The highest BCUT2D eigenvalue weighted by Crippen LogP contribution is 2.19. The van der Waals surface area contributed by atoms with Crippen molar-refractivity contribution in [1.29, 1.82) is 0 Å². The van der Waals surface area contributed by atoms with Crippen molar-refractivity contribution >= 4 is 27.5 Å². The first-order valence-corrected chi connectivity index (χ1v) is 9.40. The van der Waals surface area contributed by atoms with Crippen LogP contribution in [0.5, 0.6) is 0 Å². The average molecular weight is 347 g/mol. The van der Waals surface area contributed by atoms with Crippen LogP contribution in [0.1, 0.15) is 84.5 Å². The van der Waals surface area contributed by atoms with Crippen LogP contribution in [-0.2, 0) is 9.59 Å². The number of unbranched alkanes of at least 4 members (excludes halogenated alkanes) is 5. The second-order valence-electron chi connectivity index (χ2n) is 5.58. The van der Waals surface area contributed by atoms with Crippen molar-refractivity contribution in [3.8, 4) is 0 Å². The molecule has 0 saturated carbocycles. The SMILES string of the molecule is CCCCC(=O)C(CCCCCCBr)C(=O)CCCC. The van der Waals surface area contributed by atoms with E-state index < -0.39 is 0 Å². The average Bonchev–Trinajstić information content (AvgIpc) is 2.46. The van der Waals surface area contributed by atoms with Gasteiger partial charge in [-0.2, -0.15) is 0 Å². The van der Waals surface area contributed by atoms with Crippen molar-refractivity contribution < 1.29 is 9.59 Å². The molecule has 0 aromatic rings. The molecule has 3 heteroatoms. The third kappa shape index (κ3) is 9.68. The molecule has 0 aromatic heterocycles. The topological polar surface area (TPSA) is 34.1 Å². The van der Waals surface area contributed by atoms with Gasteiger partial charge in [0, 0.05) is 18.2 Å². The molecule has 0 aromatic carbocycles. The Balaban J connectivity index is 4.23. The molecule has 0 aliphatic carbocycles. The molecule has 0 N–H and O–H groups in total. The fraction of sp³-hybridized carbons (Fsp3) is 0.882. The largest absolute Gasteiger partial charge is 0.299 e. The standard InChI is InChI=1S/C17H31BrO2/c1-3-5-12-16(19)15(17(20)13-6-4-2)11-9-7-8-10-14-18/h15H,3-14H2,1-2H3. The van der Waals surface area contributed by atoms with Gasteiger partial charge in [0.1, 0.15) is 11.6 Å². The maximum Gasteiger partial charge on any atom is 0.143 e.